The third-order valence-electron chi connectivity index (χ3n) is 4.91. The van der Waals surface area contributed by atoms with E-state index >= 15 is 0 Å². The molecule has 0 aliphatic carbocycles. The number of amides is 4. The Hall–Kier alpha value is -2.97. The Morgan fingerprint density at radius 1 is 1.20 bits per heavy atom. The van der Waals surface area contributed by atoms with Gasteiger partial charge in [-0.15, -0.1) is 0 Å². The molecule has 0 radical (unpaired) electrons. The SMILES string of the molecule is CC(C)CC[C@]1(C)NC(=O)N(CC(=O)O[C@H](C)C(=O)NCc2ccc(F)cc2)C1=O. The Kier molecular flexibility index (Phi) is 7.53. The summed E-state index contributed by atoms with van der Waals surface area (Å²) in [5.41, 5.74) is -0.372. The predicted molar refractivity (Wildman–Crippen MR) is 107 cm³/mol. The van der Waals surface area contributed by atoms with E-state index in [2.05, 4.69) is 10.6 Å². The van der Waals surface area contributed by atoms with Crippen molar-refractivity contribution in [1.29, 1.82) is 0 Å². The lowest BCUT2D eigenvalue weighted by Crippen LogP contribution is -2.45. The number of urea groups is 1. The van der Waals surface area contributed by atoms with Crippen LogP contribution in [0.15, 0.2) is 24.3 Å². The number of carbonyl (C=O) groups excluding carboxylic acids is 4. The van der Waals surface area contributed by atoms with Crippen LogP contribution in [0, 0.1) is 11.7 Å². The van der Waals surface area contributed by atoms with Crippen LogP contribution in [0.25, 0.3) is 0 Å². The average Bonchev–Trinajstić information content (AvgIpc) is 2.89. The van der Waals surface area contributed by atoms with Crippen LogP contribution in [0.2, 0.25) is 0 Å². The molecule has 2 rings (SSSR count). The number of hydrogen-bond acceptors (Lipinski definition) is 5. The Morgan fingerprint density at radius 2 is 1.83 bits per heavy atom. The number of ether oxygens (including phenoxy) is 1. The average molecular weight is 421 g/mol. The van der Waals surface area contributed by atoms with Crippen molar-refractivity contribution in [3.05, 3.63) is 35.6 Å². The van der Waals surface area contributed by atoms with Gasteiger partial charge in [0, 0.05) is 6.54 Å². The van der Waals surface area contributed by atoms with Gasteiger partial charge in [-0.25, -0.2) is 9.18 Å². The molecule has 1 fully saturated rings. The molecule has 9 heteroatoms. The third-order valence-corrected chi connectivity index (χ3v) is 4.91. The monoisotopic (exact) mass is 421 g/mol. The topological polar surface area (TPSA) is 105 Å². The summed E-state index contributed by atoms with van der Waals surface area (Å²) in [5.74, 6) is -1.92. The molecule has 164 valence electrons. The number of imide groups is 1. The van der Waals surface area contributed by atoms with E-state index in [0.717, 1.165) is 11.3 Å². The maximum absolute atomic E-state index is 12.9. The highest BCUT2D eigenvalue weighted by atomic mass is 19.1. The second-order valence-electron chi connectivity index (χ2n) is 8.06. The van der Waals surface area contributed by atoms with E-state index in [1.165, 1.54) is 31.2 Å². The predicted octanol–water partition coefficient (Wildman–Crippen LogP) is 2.12. The van der Waals surface area contributed by atoms with Crippen LogP contribution < -0.4 is 10.6 Å². The molecule has 1 aromatic rings. The lowest BCUT2D eigenvalue weighted by molar-refractivity contribution is -0.156. The maximum Gasteiger partial charge on any atom is 0.327 e. The van der Waals surface area contributed by atoms with Crippen molar-refractivity contribution in [3.8, 4) is 0 Å². The summed E-state index contributed by atoms with van der Waals surface area (Å²) in [6.07, 6.45) is 0.0840. The van der Waals surface area contributed by atoms with Gasteiger partial charge in [0.2, 0.25) is 0 Å². The molecule has 1 aliphatic rings. The Bertz CT molecular complexity index is 811. The van der Waals surface area contributed by atoms with Crippen molar-refractivity contribution < 1.29 is 28.3 Å². The molecular weight excluding hydrogens is 393 g/mol. The number of carbonyl (C=O) groups is 4. The van der Waals surface area contributed by atoms with E-state index in [1.807, 2.05) is 13.8 Å². The van der Waals surface area contributed by atoms with Crippen LogP contribution in [-0.2, 0) is 25.7 Å². The van der Waals surface area contributed by atoms with Gasteiger partial charge in [-0.05, 0) is 50.3 Å². The lowest BCUT2D eigenvalue weighted by atomic mass is 9.92. The summed E-state index contributed by atoms with van der Waals surface area (Å²) in [6.45, 7) is 6.62. The molecule has 8 nitrogen and oxygen atoms in total. The fourth-order valence-electron chi connectivity index (χ4n) is 2.99. The highest BCUT2D eigenvalue weighted by Crippen LogP contribution is 2.24. The molecule has 1 heterocycles. The standard InChI is InChI=1S/C21H28FN3O5/c1-13(2)9-10-21(4)19(28)25(20(29)24-21)12-17(26)30-14(3)18(27)23-11-15-5-7-16(22)8-6-15/h5-8,13-14H,9-12H2,1-4H3,(H,23,27)(H,24,29)/t14-,21+/m1/s1. The van der Waals surface area contributed by atoms with Gasteiger partial charge in [0.25, 0.3) is 11.8 Å². The van der Waals surface area contributed by atoms with Crippen LogP contribution >= 0.6 is 0 Å². The van der Waals surface area contributed by atoms with Crippen molar-refractivity contribution in [1.82, 2.24) is 15.5 Å². The molecule has 0 spiro atoms. The summed E-state index contributed by atoms with van der Waals surface area (Å²) < 4.78 is 18.0. The minimum Gasteiger partial charge on any atom is -0.451 e. The van der Waals surface area contributed by atoms with E-state index in [0.29, 0.717) is 17.9 Å². The van der Waals surface area contributed by atoms with Crippen molar-refractivity contribution in [2.24, 2.45) is 5.92 Å². The zero-order valence-corrected chi connectivity index (χ0v) is 17.7. The van der Waals surface area contributed by atoms with Crippen molar-refractivity contribution in [3.63, 3.8) is 0 Å². The minimum atomic E-state index is -1.12. The van der Waals surface area contributed by atoms with Gasteiger partial charge in [0.1, 0.15) is 17.9 Å². The van der Waals surface area contributed by atoms with E-state index in [4.69, 9.17) is 4.74 Å². The highest BCUT2D eigenvalue weighted by molar-refractivity contribution is 6.08. The van der Waals surface area contributed by atoms with Gasteiger partial charge in [-0.3, -0.25) is 19.3 Å². The van der Waals surface area contributed by atoms with E-state index in [9.17, 15) is 23.6 Å². The number of nitrogens with one attached hydrogen (secondary N) is 2. The maximum atomic E-state index is 12.9. The number of esters is 1. The summed E-state index contributed by atoms with van der Waals surface area (Å²) in [7, 11) is 0. The largest absolute Gasteiger partial charge is 0.451 e. The minimum absolute atomic E-state index is 0.141. The molecule has 2 atom stereocenters. The molecule has 30 heavy (non-hydrogen) atoms. The Morgan fingerprint density at radius 3 is 2.43 bits per heavy atom. The fourth-order valence-corrected chi connectivity index (χ4v) is 2.99. The zero-order valence-electron chi connectivity index (χ0n) is 17.7. The number of hydrogen-bond donors (Lipinski definition) is 2. The quantitative estimate of drug-likeness (QED) is 0.469. The fraction of sp³-hybridized carbons (Fsp3) is 0.524. The molecule has 4 amide bonds. The van der Waals surface area contributed by atoms with E-state index in [1.54, 1.807) is 6.92 Å². The van der Waals surface area contributed by atoms with Crippen molar-refractivity contribution in [2.45, 2.75) is 58.7 Å². The van der Waals surface area contributed by atoms with Crippen LogP contribution in [-0.4, -0.2) is 46.9 Å². The van der Waals surface area contributed by atoms with Gasteiger partial charge in [0.15, 0.2) is 6.10 Å². The molecule has 2 N–H and O–H groups in total. The Labute approximate surface area is 175 Å². The van der Waals surface area contributed by atoms with Crippen molar-refractivity contribution in [2.75, 3.05) is 6.54 Å². The normalized spacial score (nSPS) is 19.6. The second-order valence-corrected chi connectivity index (χ2v) is 8.06. The molecule has 0 aromatic heterocycles. The molecule has 0 unspecified atom stereocenters. The van der Waals surface area contributed by atoms with Crippen LogP contribution in [0.1, 0.15) is 46.1 Å². The van der Waals surface area contributed by atoms with Gasteiger partial charge in [-0.2, -0.15) is 0 Å². The van der Waals surface area contributed by atoms with E-state index < -0.39 is 42.0 Å². The zero-order chi connectivity index (χ0) is 22.5. The van der Waals surface area contributed by atoms with Gasteiger partial charge in [-0.1, -0.05) is 26.0 Å². The first-order valence-corrected chi connectivity index (χ1v) is 9.87. The third kappa shape index (κ3) is 6.01. The summed E-state index contributed by atoms with van der Waals surface area (Å²) in [5, 5.41) is 5.21. The molecule has 0 bridgehead atoms. The van der Waals surface area contributed by atoms with Gasteiger partial charge >= 0.3 is 12.0 Å². The molecule has 1 saturated heterocycles. The number of benzene rings is 1. The van der Waals surface area contributed by atoms with E-state index in [-0.39, 0.29) is 12.4 Å². The number of halogens is 1. The number of nitrogens with zero attached hydrogens (tertiary/aromatic N) is 1. The second kappa shape index (κ2) is 9.69. The Balaban J connectivity index is 1.85. The van der Waals surface area contributed by atoms with Crippen LogP contribution in [0.4, 0.5) is 9.18 Å². The number of rotatable bonds is 9. The molecular formula is C21H28FN3O5. The first-order valence-electron chi connectivity index (χ1n) is 9.87. The van der Waals surface area contributed by atoms with Gasteiger partial charge in [0.05, 0.1) is 0 Å². The first-order chi connectivity index (χ1) is 14.0. The molecule has 1 aromatic carbocycles. The highest BCUT2D eigenvalue weighted by Gasteiger charge is 2.48. The summed E-state index contributed by atoms with van der Waals surface area (Å²) in [6, 6.07) is 4.95. The molecule has 1 aliphatic heterocycles. The van der Waals surface area contributed by atoms with Crippen LogP contribution in [0.5, 0.6) is 0 Å². The van der Waals surface area contributed by atoms with Crippen LogP contribution in [0.3, 0.4) is 0 Å². The first kappa shape index (κ1) is 23.3. The summed E-state index contributed by atoms with van der Waals surface area (Å²) in [4.78, 5) is 49.9. The lowest BCUT2D eigenvalue weighted by Gasteiger charge is -2.22. The smallest absolute Gasteiger partial charge is 0.327 e. The van der Waals surface area contributed by atoms with Crippen molar-refractivity contribution >= 4 is 23.8 Å². The molecule has 0 saturated carbocycles. The summed E-state index contributed by atoms with van der Waals surface area (Å²) >= 11 is 0. The van der Waals surface area contributed by atoms with Gasteiger partial charge < -0.3 is 15.4 Å².